The standard InChI is InChI=1S/C29H38N8O4/c1-20(2)19-30-26-32-27(34-28(33-26)37-16-14-36(15-17-37)22-8-6-5-7-9-22)31-24(25(38)39)18-21-10-12-23(13-11-21)41-29(40)35(3)4/h5-13,20,24H,14-19H2,1-4H3,(H,38,39)(H2,30,31,32,33,34)/t24-/m0/s1. The highest BCUT2D eigenvalue weighted by Crippen LogP contribution is 2.21. The van der Waals surface area contributed by atoms with Crippen molar-refractivity contribution in [3.63, 3.8) is 0 Å². The third-order valence-corrected chi connectivity index (χ3v) is 6.51. The van der Waals surface area contributed by atoms with Crippen LogP contribution in [0.2, 0.25) is 0 Å². The number of ether oxygens (including phenoxy) is 1. The molecule has 1 saturated heterocycles. The third kappa shape index (κ3) is 8.44. The van der Waals surface area contributed by atoms with Crippen LogP contribution in [0.5, 0.6) is 5.75 Å². The van der Waals surface area contributed by atoms with Crippen LogP contribution in [0.25, 0.3) is 0 Å². The molecule has 0 saturated carbocycles. The molecule has 0 unspecified atom stereocenters. The summed E-state index contributed by atoms with van der Waals surface area (Å²) in [6, 6.07) is 16.0. The van der Waals surface area contributed by atoms with Gasteiger partial charge in [-0.05, 0) is 35.7 Å². The van der Waals surface area contributed by atoms with E-state index < -0.39 is 18.1 Å². The second-order valence-corrected chi connectivity index (χ2v) is 10.5. The van der Waals surface area contributed by atoms with Crippen LogP contribution in [0.15, 0.2) is 54.6 Å². The summed E-state index contributed by atoms with van der Waals surface area (Å²) in [5, 5.41) is 16.2. The minimum absolute atomic E-state index is 0.169. The number of carbonyl (C=O) groups is 2. The third-order valence-electron chi connectivity index (χ3n) is 6.51. The second-order valence-electron chi connectivity index (χ2n) is 10.5. The molecule has 1 atom stereocenters. The zero-order valence-electron chi connectivity index (χ0n) is 23.9. The first-order valence-electron chi connectivity index (χ1n) is 13.7. The van der Waals surface area contributed by atoms with Gasteiger partial charge in [0.1, 0.15) is 11.8 Å². The molecule has 0 spiro atoms. The zero-order chi connectivity index (χ0) is 29.4. The first-order valence-corrected chi connectivity index (χ1v) is 13.7. The minimum atomic E-state index is -1.04. The van der Waals surface area contributed by atoms with Gasteiger partial charge in [0.25, 0.3) is 0 Å². The largest absolute Gasteiger partial charge is 0.480 e. The molecule has 41 heavy (non-hydrogen) atoms. The van der Waals surface area contributed by atoms with Gasteiger partial charge in [0.05, 0.1) is 0 Å². The number of carbonyl (C=O) groups excluding carboxylic acids is 1. The average Bonchev–Trinajstić information content (AvgIpc) is 2.97. The molecular formula is C29H38N8O4. The van der Waals surface area contributed by atoms with Crippen molar-refractivity contribution >= 4 is 35.6 Å². The fourth-order valence-corrected chi connectivity index (χ4v) is 4.23. The van der Waals surface area contributed by atoms with Gasteiger partial charge in [-0.1, -0.05) is 44.2 Å². The quantitative estimate of drug-likeness (QED) is 0.317. The van der Waals surface area contributed by atoms with E-state index in [0.717, 1.165) is 31.7 Å². The summed E-state index contributed by atoms with van der Waals surface area (Å²) < 4.78 is 5.25. The SMILES string of the molecule is CC(C)CNc1nc(N[C@@H](Cc2ccc(OC(=O)N(C)C)cc2)C(=O)O)nc(N2CCN(c3ccccc3)CC2)n1. The highest BCUT2D eigenvalue weighted by molar-refractivity contribution is 5.77. The summed E-state index contributed by atoms with van der Waals surface area (Å²) in [5.41, 5.74) is 1.93. The number of nitrogens with zero attached hydrogens (tertiary/aromatic N) is 6. The number of para-hydroxylation sites is 1. The van der Waals surface area contributed by atoms with Crippen molar-refractivity contribution in [2.75, 3.05) is 67.3 Å². The second kappa shape index (κ2) is 13.6. The van der Waals surface area contributed by atoms with Crippen LogP contribution in [-0.4, -0.2) is 89.9 Å². The van der Waals surface area contributed by atoms with E-state index in [1.165, 1.54) is 10.6 Å². The minimum Gasteiger partial charge on any atom is -0.480 e. The summed E-state index contributed by atoms with van der Waals surface area (Å²) in [5.74, 6) is 0.792. The number of piperazine rings is 1. The van der Waals surface area contributed by atoms with E-state index in [2.05, 4.69) is 61.4 Å². The molecule has 0 aliphatic carbocycles. The van der Waals surface area contributed by atoms with E-state index in [1.807, 2.05) is 18.2 Å². The number of aromatic nitrogens is 3. The normalized spacial score (nSPS) is 14.0. The van der Waals surface area contributed by atoms with Crippen LogP contribution in [0, 0.1) is 5.92 Å². The van der Waals surface area contributed by atoms with Crippen LogP contribution in [0.3, 0.4) is 0 Å². The Morgan fingerprint density at radius 3 is 2.17 bits per heavy atom. The van der Waals surface area contributed by atoms with Crippen molar-refractivity contribution in [3.05, 3.63) is 60.2 Å². The lowest BCUT2D eigenvalue weighted by Gasteiger charge is -2.36. The smallest absolute Gasteiger partial charge is 0.414 e. The highest BCUT2D eigenvalue weighted by atomic mass is 16.6. The van der Waals surface area contributed by atoms with Crippen molar-refractivity contribution < 1.29 is 19.4 Å². The molecule has 1 aliphatic rings. The average molecular weight is 563 g/mol. The Kier molecular flexibility index (Phi) is 9.77. The molecule has 1 amide bonds. The molecule has 1 aliphatic heterocycles. The summed E-state index contributed by atoms with van der Waals surface area (Å²) in [6.45, 7) is 7.89. The number of aliphatic carboxylic acids is 1. The molecular weight excluding hydrogens is 524 g/mol. The lowest BCUT2D eigenvalue weighted by Crippen LogP contribution is -2.47. The number of hydrogen-bond donors (Lipinski definition) is 3. The van der Waals surface area contributed by atoms with Gasteiger partial charge >= 0.3 is 12.1 Å². The number of carboxylic acids is 1. The van der Waals surface area contributed by atoms with E-state index in [9.17, 15) is 14.7 Å². The number of hydrogen-bond acceptors (Lipinski definition) is 10. The van der Waals surface area contributed by atoms with Gasteiger partial charge in [-0.3, -0.25) is 0 Å². The molecule has 0 radical (unpaired) electrons. The van der Waals surface area contributed by atoms with Crippen LogP contribution in [0.1, 0.15) is 19.4 Å². The molecule has 0 bridgehead atoms. The van der Waals surface area contributed by atoms with E-state index in [-0.39, 0.29) is 12.4 Å². The fraction of sp³-hybridized carbons (Fsp3) is 0.414. The number of amides is 1. The van der Waals surface area contributed by atoms with Crippen LogP contribution >= 0.6 is 0 Å². The zero-order valence-corrected chi connectivity index (χ0v) is 23.9. The van der Waals surface area contributed by atoms with Crippen molar-refractivity contribution in [3.8, 4) is 5.75 Å². The Morgan fingerprint density at radius 1 is 0.927 bits per heavy atom. The van der Waals surface area contributed by atoms with Gasteiger partial charge in [0.2, 0.25) is 17.8 Å². The monoisotopic (exact) mass is 562 g/mol. The van der Waals surface area contributed by atoms with Gasteiger partial charge in [-0.25, -0.2) is 9.59 Å². The Labute approximate surface area is 240 Å². The lowest BCUT2D eigenvalue weighted by molar-refractivity contribution is -0.137. The van der Waals surface area contributed by atoms with Crippen LogP contribution in [0.4, 0.5) is 28.3 Å². The van der Waals surface area contributed by atoms with Gasteiger partial charge in [0, 0.05) is 58.9 Å². The highest BCUT2D eigenvalue weighted by Gasteiger charge is 2.24. The fourth-order valence-electron chi connectivity index (χ4n) is 4.23. The summed E-state index contributed by atoms with van der Waals surface area (Å²) >= 11 is 0. The van der Waals surface area contributed by atoms with E-state index in [1.54, 1.807) is 38.4 Å². The van der Waals surface area contributed by atoms with Gasteiger partial charge in [-0.15, -0.1) is 0 Å². The lowest BCUT2D eigenvalue weighted by atomic mass is 10.1. The first kappa shape index (κ1) is 29.4. The van der Waals surface area contributed by atoms with Crippen LogP contribution < -0.4 is 25.2 Å². The molecule has 2 heterocycles. The number of anilines is 4. The molecule has 3 aromatic rings. The predicted molar refractivity (Wildman–Crippen MR) is 159 cm³/mol. The first-order chi connectivity index (χ1) is 19.7. The molecule has 2 aromatic carbocycles. The Hall–Kier alpha value is -4.61. The van der Waals surface area contributed by atoms with Crippen molar-refractivity contribution in [1.29, 1.82) is 0 Å². The van der Waals surface area contributed by atoms with Crippen LogP contribution in [-0.2, 0) is 11.2 Å². The predicted octanol–water partition coefficient (Wildman–Crippen LogP) is 3.43. The van der Waals surface area contributed by atoms with E-state index in [4.69, 9.17) is 4.74 Å². The summed E-state index contributed by atoms with van der Waals surface area (Å²) in [6.07, 6.45) is -0.320. The maximum absolute atomic E-state index is 12.2. The molecule has 1 aromatic heterocycles. The topological polar surface area (TPSA) is 136 Å². The van der Waals surface area contributed by atoms with Gasteiger partial charge < -0.3 is 35.2 Å². The molecule has 4 rings (SSSR count). The number of carboxylic acid groups (broad SMARTS) is 1. The van der Waals surface area contributed by atoms with Crippen molar-refractivity contribution in [2.45, 2.75) is 26.3 Å². The summed E-state index contributed by atoms with van der Waals surface area (Å²) in [4.78, 5) is 43.5. The maximum atomic E-state index is 12.2. The van der Waals surface area contributed by atoms with Crippen molar-refractivity contribution in [1.82, 2.24) is 19.9 Å². The Bertz CT molecular complexity index is 1300. The number of nitrogens with one attached hydrogen (secondary N) is 2. The van der Waals surface area contributed by atoms with Crippen molar-refractivity contribution in [2.24, 2.45) is 5.92 Å². The molecule has 1 fully saturated rings. The van der Waals surface area contributed by atoms with Gasteiger partial charge in [-0.2, -0.15) is 15.0 Å². The molecule has 12 heteroatoms. The maximum Gasteiger partial charge on any atom is 0.414 e. The summed E-state index contributed by atoms with van der Waals surface area (Å²) in [7, 11) is 3.20. The molecule has 3 N–H and O–H groups in total. The van der Waals surface area contributed by atoms with Gasteiger partial charge in [0.15, 0.2) is 0 Å². The molecule has 12 nitrogen and oxygen atoms in total. The molecule has 218 valence electrons. The Morgan fingerprint density at radius 2 is 1.56 bits per heavy atom. The van der Waals surface area contributed by atoms with E-state index >= 15 is 0 Å². The number of rotatable bonds is 11. The number of benzene rings is 2. The van der Waals surface area contributed by atoms with E-state index in [0.29, 0.717) is 30.1 Å². The Balaban J connectivity index is 1.48.